The molecule has 232 valence electrons. The minimum atomic E-state index is -0.612. The normalized spacial score (nSPS) is 18.4. The van der Waals surface area contributed by atoms with Crippen LogP contribution in [0.5, 0.6) is 11.5 Å². The molecule has 44 heavy (non-hydrogen) atoms. The summed E-state index contributed by atoms with van der Waals surface area (Å²) in [7, 11) is 0. The van der Waals surface area contributed by atoms with Gasteiger partial charge in [0.2, 0.25) is 5.91 Å². The Kier molecular flexibility index (Phi) is 9.21. The Morgan fingerprint density at radius 2 is 1.73 bits per heavy atom. The van der Waals surface area contributed by atoms with Crippen molar-refractivity contribution in [2.45, 2.75) is 89.8 Å². The summed E-state index contributed by atoms with van der Waals surface area (Å²) in [4.78, 5) is 30.0. The smallest absolute Gasteiger partial charge is 0.254 e. The van der Waals surface area contributed by atoms with E-state index in [1.54, 1.807) is 4.90 Å². The molecule has 3 aromatic rings. The molecule has 1 N–H and O–H groups in total. The first-order valence-electron chi connectivity index (χ1n) is 16.1. The number of aromatic nitrogens is 2. The first-order valence-corrected chi connectivity index (χ1v) is 16.1. The average molecular weight is 600 g/mol. The first kappa shape index (κ1) is 30.2. The number of halogens is 1. The predicted molar refractivity (Wildman–Crippen MR) is 167 cm³/mol. The molecular weight excluding hydrogens is 557 g/mol. The summed E-state index contributed by atoms with van der Waals surface area (Å²) in [5.74, 6) is 0.187. The van der Waals surface area contributed by atoms with Gasteiger partial charge in [-0.3, -0.25) is 9.59 Å². The van der Waals surface area contributed by atoms with Crippen molar-refractivity contribution in [3.63, 3.8) is 0 Å². The molecule has 1 saturated carbocycles. The second kappa shape index (κ2) is 13.4. The van der Waals surface area contributed by atoms with Crippen molar-refractivity contribution >= 4 is 11.8 Å². The molecule has 8 nitrogen and oxygen atoms in total. The van der Waals surface area contributed by atoms with Crippen LogP contribution >= 0.6 is 0 Å². The van der Waals surface area contributed by atoms with Gasteiger partial charge in [0.15, 0.2) is 0 Å². The highest BCUT2D eigenvalue weighted by atomic mass is 19.1. The molecule has 2 amide bonds. The van der Waals surface area contributed by atoms with Gasteiger partial charge in [0.1, 0.15) is 17.3 Å². The highest BCUT2D eigenvalue weighted by Gasteiger charge is 2.29. The Bertz CT molecular complexity index is 1460. The predicted octanol–water partition coefficient (Wildman–Crippen LogP) is 6.46. The summed E-state index contributed by atoms with van der Waals surface area (Å²) in [5, 5.41) is 11.8. The van der Waals surface area contributed by atoms with Crippen LogP contribution in [0.25, 0.3) is 11.3 Å². The van der Waals surface area contributed by atoms with Crippen LogP contribution in [0.2, 0.25) is 0 Å². The third-order valence-electron chi connectivity index (χ3n) is 9.29. The van der Waals surface area contributed by atoms with E-state index in [-0.39, 0.29) is 24.1 Å². The van der Waals surface area contributed by atoms with Gasteiger partial charge in [0.25, 0.3) is 5.91 Å². The van der Waals surface area contributed by atoms with E-state index in [1.807, 2.05) is 36.4 Å². The molecule has 1 aromatic heterocycles. The van der Waals surface area contributed by atoms with Crippen LogP contribution in [0, 0.1) is 5.82 Å². The van der Waals surface area contributed by atoms with Crippen molar-refractivity contribution in [3.05, 3.63) is 71.2 Å². The van der Waals surface area contributed by atoms with Crippen LogP contribution in [0.4, 0.5) is 4.39 Å². The monoisotopic (exact) mass is 599 g/mol. The van der Waals surface area contributed by atoms with Crippen molar-refractivity contribution < 1.29 is 18.7 Å². The standard InChI is InChI=1S/C35H42FN5O3/c1-23(2)31-13-14-32(39-38-31)24-9-11-28(12-10-24)44-33-21-29(30(36)20-25(33)22-41-17-5-8-34(41)42)35(43)37-26-15-18-40(19-16-26)27-6-3-4-7-27/h9-14,20-21,23,26-27H,3-8,15-19,22H2,1-2H3,(H,37,43). The van der Waals surface area contributed by atoms with Crippen LogP contribution in [-0.2, 0) is 11.3 Å². The summed E-state index contributed by atoms with van der Waals surface area (Å²) in [6.45, 7) is 6.91. The second-order valence-electron chi connectivity index (χ2n) is 12.7. The molecule has 3 fully saturated rings. The molecule has 0 spiro atoms. The highest BCUT2D eigenvalue weighted by Crippen LogP contribution is 2.32. The first-order chi connectivity index (χ1) is 21.3. The lowest BCUT2D eigenvalue weighted by atomic mass is 10.0. The minimum absolute atomic E-state index is 0.0102. The fourth-order valence-electron chi connectivity index (χ4n) is 6.63. The lowest BCUT2D eigenvalue weighted by molar-refractivity contribution is -0.128. The zero-order valence-corrected chi connectivity index (χ0v) is 25.7. The molecule has 1 aliphatic carbocycles. The number of carbonyl (C=O) groups excluding carboxylic acids is 2. The number of nitrogens with one attached hydrogen (secondary N) is 1. The Labute approximate surface area is 259 Å². The SMILES string of the molecule is CC(C)c1ccc(-c2ccc(Oc3cc(C(=O)NC4CCN(C5CCCC5)CC4)c(F)cc3CN3CCCC3=O)cc2)nn1. The van der Waals surface area contributed by atoms with Crippen molar-refractivity contribution in [3.8, 4) is 22.8 Å². The number of rotatable bonds is 9. The van der Waals surface area contributed by atoms with E-state index >= 15 is 4.39 Å². The summed E-state index contributed by atoms with van der Waals surface area (Å²) in [6.07, 6.45) is 8.13. The number of amides is 2. The Morgan fingerprint density at radius 3 is 2.36 bits per heavy atom. The van der Waals surface area contributed by atoms with Crippen LogP contribution in [-0.4, -0.2) is 63.5 Å². The number of hydrogen-bond acceptors (Lipinski definition) is 6. The Balaban J connectivity index is 1.19. The number of carbonyl (C=O) groups is 2. The van der Waals surface area contributed by atoms with Crippen LogP contribution in [0.1, 0.15) is 92.7 Å². The van der Waals surface area contributed by atoms with E-state index in [0.29, 0.717) is 42.0 Å². The Morgan fingerprint density at radius 1 is 0.977 bits per heavy atom. The van der Waals surface area contributed by atoms with Crippen molar-refractivity contribution in [2.75, 3.05) is 19.6 Å². The van der Waals surface area contributed by atoms with Crippen molar-refractivity contribution in [1.29, 1.82) is 0 Å². The molecule has 2 aromatic carbocycles. The molecule has 9 heteroatoms. The number of likely N-dealkylation sites (tertiary alicyclic amines) is 2. The van der Waals surface area contributed by atoms with E-state index in [4.69, 9.17) is 4.74 Å². The van der Waals surface area contributed by atoms with Gasteiger partial charge in [-0.1, -0.05) is 26.7 Å². The molecule has 6 rings (SSSR count). The second-order valence-corrected chi connectivity index (χ2v) is 12.7. The maximum atomic E-state index is 15.5. The van der Waals surface area contributed by atoms with E-state index in [1.165, 1.54) is 37.8 Å². The van der Waals surface area contributed by atoms with Crippen LogP contribution < -0.4 is 10.1 Å². The lowest BCUT2D eigenvalue weighted by Crippen LogP contribution is -2.47. The highest BCUT2D eigenvalue weighted by molar-refractivity contribution is 5.95. The lowest BCUT2D eigenvalue weighted by Gasteiger charge is -2.36. The molecule has 0 radical (unpaired) electrons. The Hall–Kier alpha value is -3.85. The third-order valence-corrected chi connectivity index (χ3v) is 9.29. The summed E-state index contributed by atoms with van der Waals surface area (Å²) in [6, 6.07) is 14.9. The van der Waals surface area contributed by atoms with E-state index in [9.17, 15) is 9.59 Å². The van der Waals surface area contributed by atoms with Gasteiger partial charge in [-0.25, -0.2) is 4.39 Å². The molecule has 3 heterocycles. The van der Waals surface area contributed by atoms with E-state index in [2.05, 4.69) is 34.3 Å². The van der Waals surface area contributed by atoms with E-state index < -0.39 is 11.7 Å². The maximum absolute atomic E-state index is 15.5. The van der Waals surface area contributed by atoms with Gasteiger partial charge in [0.05, 0.1) is 17.0 Å². The molecular formula is C35H42FN5O3. The molecule has 0 bridgehead atoms. The van der Waals surface area contributed by atoms with Gasteiger partial charge in [0, 0.05) is 55.8 Å². The molecule has 3 aliphatic rings. The zero-order valence-electron chi connectivity index (χ0n) is 25.7. The van der Waals surface area contributed by atoms with Gasteiger partial charge in [-0.15, -0.1) is 0 Å². The number of ether oxygens (including phenoxy) is 1. The summed E-state index contributed by atoms with van der Waals surface area (Å²) < 4.78 is 21.8. The number of nitrogens with zero attached hydrogens (tertiary/aromatic N) is 4. The van der Waals surface area contributed by atoms with Crippen LogP contribution in [0.15, 0.2) is 48.5 Å². The van der Waals surface area contributed by atoms with Gasteiger partial charge < -0.3 is 19.9 Å². The summed E-state index contributed by atoms with van der Waals surface area (Å²) in [5.41, 5.74) is 3.05. The fourth-order valence-corrected chi connectivity index (χ4v) is 6.63. The fraction of sp³-hybridized carbons (Fsp3) is 0.486. The topological polar surface area (TPSA) is 87.7 Å². The van der Waals surface area contributed by atoms with Gasteiger partial charge in [-0.2, -0.15) is 10.2 Å². The molecule has 2 saturated heterocycles. The number of hydrogen-bond donors (Lipinski definition) is 1. The van der Waals surface area contributed by atoms with Gasteiger partial charge in [-0.05, 0) is 86.6 Å². The maximum Gasteiger partial charge on any atom is 0.254 e. The third kappa shape index (κ3) is 6.93. The average Bonchev–Trinajstić information content (AvgIpc) is 3.71. The van der Waals surface area contributed by atoms with Crippen molar-refractivity contribution in [1.82, 2.24) is 25.3 Å². The quantitative estimate of drug-likeness (QED) is 0.304. The minimum Gasteiger partial charge on any atom is -0.457 e. The summed E-state index contributed by atoms with van der Waals surface area (Å²) >= 11 is 0. The number of piperidine rings is 1. The number of benzene rings is 2. The van der Waals surface area contributed by atoms with Crippen LogP contribution in [0.3, 0.4) is 0 Å². The van der Waals surface area contributed by atoms with E-state index in [0.717, 1.165) is 49.3 Å². The van der Waals surface area contributed by atoms with Gasteiger partial charge >= 0.3 is 0 Å². The molecule has 0 atom stereocenters. The molecule has 0 unspecified atom stereocenters. The van der Waals surface area contributed by atoms with Crippen molar-refractivity contribution in [2.24, 2.45) is 0 Å². The zero-order chi connectivity index (χ0) is 30.6. The largest absolute Gasteiger partial charge is 0.457 e. The molecule has 2 aliphatic heterocycles.